The van der Waals surface area contributed by atoms with E-state index in [0.29, 0.717) is 11.9 Å². The van der Waals surface area contributed by atoms with Crippen molar-refractivity contribution in [1.82, 2.24) is 9.97 Å². The third-order valence-corrected chi connectivity index (χ3v) is 3.29. The van der Waals surface area contributed by atoms with E-state index < -0.39 is 0 Å². The average Bonchev–Trinajstić information content (AvgIpc) is 3.19. The zero-order valence-electron chi connectivity index (χ0n) is 11.2. The number of nitrogen functional groups attached to an aromatic ring is 1. The number of hydrogen-bond donors (Lipinski definition) is 1. The van der Waals surface area contributed by atoms with Gasteiger partial charge >= 0.3 is 0 Å². The summed E-state index contributed by atoms with van der Waals surface area (Å²) in [5.74, 6) is 1.38. The lowest BCUT2D eigenvalue weighted by atomic mass is 10.1. The summed E-state index contributed by atoms with van der Waals surface area (Å²) in [6, 6.07) is 7.88. The molecule has 1 heterocycles. The maximum absolute atomic E-state index is 5.95. The first kappa shape index (κ1) is 12.0. The average molecular weight is 255 g/mol. The van der Waals surface area contributed by atoms with Gasteiger partial charge in [-0.15, -0.1) is 0 Å². The van der Waals surface area contributed by atoms with Gasteiger partial charge in [-0.05, 0) is 51.0 Å². The molecule has 0 amide bonds. The Bertz CT molecular complexity index is 604. The number of aryl methyl sites for hydroxylation is 2. The Hall–Kier alpha value is -2.10. The predicted molar refractivity (Wildman–Crippen MR) is 75.0 cm³/mol. The first-order valence-corrected chi connectivity index (χ1v) is 6.51. The van der Waals surface area contributed by atoms with E-state index in [2.05, 4.69) is 9.97 Å². The number of aromatic nitrogens is 2. The van der Waals surface area contributed by atoms with E-state index in [1.807, 2.05) is 38.1 Å². The van der Waals surface area contributed by atoms with Crippen molar-refractivity contribution in [2.24, 2.45) is 0 Å². The van der Waals surface area contributed by atoms with Gasteiger partial charge in [0, 0.05) is 5.56 Å². The maximum atomic E-state index is 5.95. The van der Waals surface area contributed by atoms with Crippen LogP contribution in [0.5, 0.6) is 5.75 Å². The summed E-state index contributed by atoms with van der Waals surface area (Å²) in [6.07, 6.45) is 2.74. The van der Waals surface area contributed by atoms with E-state index >= 15 is 0 Å². The number of rotatable bonds is 3. The fourth-order valence-electron chi connectivity index (χ4n) is 1.90. The number of nitrogens with two attached hydrogens (primary N) is 1. The molecule has 0 atom stereocenters. The highest BCUT2D eigenvalue weighted by molar-refractivity contribution is 5.70. The third-order valence-electron chi connectivity index (χ3n) is 3.29. The molecule has 1 aliphatic rings. The molecule has 1 aromatic carbocycles. The van der Waals surface area contributed by atoms with Crippen molar-refractivity contribution in [2.75, 3.05) is 5.73 Å². The summed E-state index contributed by atoms with van der Waals surface area (Å²) in [5, 5.41) is 0. The molecule has 1 aromatic heterocycles. The molecule has 19 heavy (non-hydrogen) atoms. The normalized spacial score (nSPS) is 14.4. The van der Waals surface area contributed by atoms with Gasteiger partial charge in [0.2, 0.25) is 0 Å². The van der Waals surface area contributed by atoms with Crippen molar-refractivity contribution in [2.45, 2.75) is 32.8 Å². The van der Waals surface area contributed by atoms with Crippen LogP contribution in [0.2, 0.25) is 0 Å². The van der Waals surface area contributed by atoms with Crippen LogP contribution in [0.15, 0.2) is 24.3 Å². The molecule has 0 unspecified atom stereocenters. The molecule has 3 rings (SSSR count). The summed E-state index contributed by atoms with van der Waals surface area (Å²) in [4.78, 5) is 8.83. The Balaban J connectivity index is 1.90. The number of benzene rings is 1. The minimum atomic E-state index is 0.414. The van der Waals surface area contributed by atoms with Crippen molar-refractivity contribution in [3.63, 3.8) is 0 Å². The Morgan fingerprint density at radius 1 is 1.05 bits per heavy atom. The molecule has 0 radical (unpaired) electrons. The van der Waals surface area contributed by atoms with Crippen LogP contribution in [-0.4, -0.2) is 16.1 Å². The molecular weight excluding hydrogens is 238 g/mol. The van der Waals surface area contributed by atoms with Crippen LogP contribution in [0.4, 0.5) is 5.82 Å². The number of hydrogen-bond acceptors (Lipinski definition) is 4. The summed E-state index contributed by atoms with van der Waals surface area (Å²) in [5.41, 5.74) is 9.43. The molecule has 1 aliphatic carbocycles. The number of anilines is 1. The molecule has 0 bridgehead atoms. The van der Waals surface area contributed by atoms with Crippen molar-refractivity contribution in [1.29, 1.82) is 0 Å². The molecule has 0 spiro atoms. The molecule has 4 nitrogen and oxygen atoms in total. The van der Waals surface area contributed by atoms with E-state index in [1.54, 1.807) is 0 Å². The Morgan fingerprint density at radius 2 is 1.68 bits per heavy atom. The molecule has 4 heteroatoms. The van der Waals surface area contributed by atoms with E-state index in [1.165, 1.54) is 0 Å². The van der Waals surface area contributed by atoms with E-state index in [9.17, 15) is 0 Å². The van der Waals surface area contributed by atoms with Crippen molar-refractivity contribution < 1.29 is 4.74 Å². The van der Waals surface area contributed by atoms with Crippen molar-refractivity contribution in [3.05, 3.63) is 35.7 Å². The molecule has 98 valence electrons. The van der Waals surface area contributed by atoms with Gasteiger partial charge < -0.3 is 10.5 Å². The van der Waals surface area contributed by atoms with Gasteiger partial charge in [0.25, 0.3) is 0 Å². The topological polar surface area (TPSA) is 61.0 Å². The van der Waals surface area contributed by atoms with Crippen LogP contribution in [-0.2, 0) is 0 Å². The van der Waals surface area contributed by atoms with Gasteiger partial charge in [0.1, 0.15) is 17.3 Å². The second-order valence-corrected chi connectivity index (χ2v) is 4.97. The van der Waals surface area contributed by atoms with Crippen LogP contribution >= 0.6 is 0 Å². The van der Waals surface area contributed by atoms with Crippen LogP contribution in [0.1, 0.15) is 24.2 Å². The largest absolute Gasteiger partial charge is 0.490 e. The SMILES string of the molecule is Cc1nc(N)c(-c2ccc(OC3CC3)cc2)nc1C. The Labute approximate surface area is 112 Å². The first-order valence-electron chi connectivity index (χ1n) is 6.51. The monoisotopic (exact) mass is 255 g/mol. The van der Waals surface area contributed by atoms with Gasteiger partial charge in [-0.25, -0.2) is 9.97 Å². The predicted octanol–water partition coefficient (Wildman–Crippen LogP) is 2.88. The minimum Gasteiger partial charge on any atom is -0.490 e. The third kappa shape index (κ3) is 2.52. The van der Waals surface area contributed by atoms with E-state index in [0.717, 1.165) is 41.2 Å². The summed E-state index contributed by atoms with van der Waals surface area (Å²) in [6.45, 7) is 3.85. The van der Waals surface area contributed by atoms with Gasteiger partial charge in [-0.1, -0.05) is 0 Å². The first-order chi connectivity index (χ1) is 9.13. The lowest BCUT2D eigenvalue weighted by molar-refractivity contribution is 0.303. The number of ether oxygens (including phenoxy) is 1. The van der Waals surface area contributed by atoms with Crippen LogP contribution in [0.25, 0.3) is 11.3 Å². The minimum absolute atomic E-state index is 0.414. The molecule has 2 aromatic rings. The second-order valence-electron chi connectivity index (χ2n) is 4.97. The van der Waals surface area contributed by atoms with Crippen LogP contribution < -0.4 is 10.5 Å². The van der Waals surface area contributed by atoms with Gasteiger partial charge in [0.15, 0.2) is 0 Å². The highest BCUT2D eigenvalue weighted by Gasteiger charge is 2.23. The van der Waals surface area contributed by atoms with E-state index in [-0.39, 0.29) is 0 Å². The smallest absolute Gasteiger partial charge is 0.150 e. The quantitative estimate of drug-likeness (QED) is 0.916. The molecule has 0 aliphatic heterocycles. The molecule has 2 N–H and O–H groups in total. The zero-order valence-corrected chi connectivity index (χ0v) is 11.2. The summed E-state index contributed by atoms with van der Waals surface area (Å²) in [7, 11) is 0. The number of nitrogens with zero attached hydrogens (tertiary/aromatic N) is 2. The Kier molecular flexibility index (Phi) is 2.85. The molecular formula is C15H17N3O. The maximum Gasteiger partial charge on any atom is 0.150 e. The van der Waals surface area contributed by atoms with Gasteiger partial charge in [-0.3, -0.25) is 0 Å². The highest BCUT2D eigenvalue weighted by Crippen LogP contribution is 2.29. The summed E-state index contributed by atoms with van der Waals surface area (Å²) < 4.78 is 5.72. The van der Waals surface area contributed by atoms with Crippen molar-refractivity contribution >= 4 is 5.82 Å². The molecule has 0 saturated heterocycles. The van der Waals surface area contributed by atoms with Gasteiger partial charge in [-0.2, -0.15) is 0 Å². The lowest BCUT2D eigenvalue weighted by Gasteiger charge is -2.09. The van der Waals surface area contributed by atoms with E-state index in [4.69, 9.17) is 10.5 Å². The van der Waals surface area contributed by atoms with Crippen molar-refractivity contribution in [3.8, 4) is 17.0 Å². The Morgan fingerprint density at radius 3 is 2.32 bits per heavy atom. The molecule has 1 saturated carbocycles. The summed E-state index contributed by atoms with van der Waals surface area (Å²) >= 11 is 0. The highest BCUT2D eigenvalue weighted by atomic mass is 16.5. The molecule has 1 fully saturated rings. The standard InChI is InChI=1S/C15H17N3O/c1-9-10(2)18-15(16)14(17-9)11-3-5-12(6-4-11)19-13-7-8-13/h3-6,13H,7-8H2,1-2H3,(H2,16,18). The lowest BCUT2D eigenvalue weighted by Crippen LogP contribution is -2.02. The van der Waals surface area contributed by atoms with Crippen LogP contribution in [0, 0.1) is 13.8 Å². The fraction of sp³-hybridized carbons (Fsp3) is 0.333. The van der Waals surface area contributed by atoms with Crippen LogP contribution in [0.3, 0.4) is 0 Å². The van der Waals surface area contributed by atoms with Gasteiger partial charge in [0.05, 0.1) is 17.5 Å². The zero-order chi connectivity index (χ0) is 13.4. The second kappa shape index (κ2) is 4.53. The fourth-order valence-corrected chi connectivity index (χ4v) is 1.90.